The molecule has 1 amide bonds. The summed E-state index contributed by atoms with van der Waals surface area (Å²) in [5.41, 5.74) is 6.87. The highest BCUT2D eigenvalue weighted by atomic mass is 35.5. The van der Waals surface area contributed by atoms with Gasteiger partial charge in [-0.25, -0.2) is 0 Å². The molecule has 0 aliphatic carbocycles. The van der Waals surface area contributed by atoms with Crippen molar-refractivity contribution in [3.8, 4) is 0 Å². The van der Waals surface area contributed by atoms with Crippen LogP contribution in [0.4, 0.5) is 5.69 Å². The van der Waals surface area contributed by atoms with Crippen LogP contribution in [-0.4, -0.2) is 17.0 Å². The quantitative estimate of drug-likeness (QED) is 0.351. The molecule has 0 fully saturated rings. The number of carbonyl (C=O) groups is 1. The first-order valence-corrected chi connectivity index (χ1v) is 6.13. The van der Waals surface area contributed by atoms with Crippen LogP contribution in [0, 0.1) is 0 Å². The maximum absolute atomic E-state index is 12.1. The van der Waals surface area contributed by atoms with E-state index in [9.17, 15) is 4.79 Å². The molecule has 4 N–H and O–H groups in total. The number of nitrogens with zero attached hydrogens (tertiary/aromatic N) is 1. The van der Waals surface area contributed by atoms with Crippen molar-refractivity contribution in [3.05, 3.63) is 64.7 Å². The minimum absolute atomic E-state index is 0.0769. The second kappa shape index (κ2) is 6.08. The van der Waals surface area contributed by atoms with Crippen molar-refractivity contribution in [1.29, 1.82) is 0 Å². The Bertz CT molecular complexity index is 671. The summed E-state index contributed by atoms with van der Waals surface area (Å²) in [4.78, 5) is 12.1. The summed E-state index contributed by atoms with van der Waals surface area (Å²) in [6.07, 6.45) is 0. The van der Waals surface area contributed by atoms with Crippen LogP contribution in [0.2, 0.25) is 5.02 Å². The fourth-order valence-electron chi connectivity index (χ4n) is 1.69. The summed E-state index contributed by atoms with van der Waals surface area (Å²) in [7, 11) is 0. The van der Waals surface area contributed by atoms with E-state index in [1.807, 2.05) is 0 Å². The van der Waals surface area contributed by atoms with Gasteiger partial charge in [-0.3, -0.25) is 4.79 Å². The van der Waals surface area contributed by atoms with Crippen molar-refractivity contribution in [2.45, 2.75) is 0 Å². The third-order valence-electron chi connectivity index (χ3n) is 2.65. The van der Waals surface area contributed by atoms with Gasteiger partial charge in [-0.15, -0.1) is 0 Å². The van der Waals surface area contributed by atoms with E-state index in [1.165, 1.54) is 0 Å². The molecule has 0 spiro atoms. The Morgan fingerprint density at radius 2 is 1.95 bits per heavy atom. The van der Waals surface area contributed by atoms with Crippen LogP contribution >= 0.6 is 11.6 Å². The van der Waals surface area contributed by atoms with Crippen LogP contribution in [0.5, 0.6) is 0 Å². The molecule has 5 nitrogen and oxygen atoms in total. The zero-order valence-corrected chi connectivity index (χ0v) is 11.1. The highest BCUT2D eigenvalue weighted by molar-refractivity contribution is 6.31. The zero-order valence-electron chi connectivity index (χ0n) is 10.4. The van der Waals surface area contributed by atoms with E-state index in [0.29, 0.717) is 21.8 Å². The minimum atomic E-state index is -0.328. The van der Waals surface area contributed by atoms with Crippen molar-refractivity contribution in [2.75, 3.05) is 5.32 Å². The second-order valence-electron chi connectivity index (χ2n) is 4.00. The molecule has 0 radical (unpaired) electrons. The first-order chi connectivity index (χ1) is 9.61. The molecule has 0 saturated carbocycles. The smallest absolute Gasteiger partial charge is 0.255 e. The van der Waals surface area contributed by atoms with Gasteiger partial charge < -0.3 is 16.3 Å². The Morgan fingerprint density at radius 3 is 2.65 bits per heavy atom. The van der Waals surface area contributed by atoms with Crippen molar-refractivity contribution in [2.24, 2.45) is 10.9 Å². The lowest BCUT2D eigenvalue weighted by atomic mass is 10.1. The minimum Gasteiger partial charge on any atom is -0.409 e. The van der Waals surface area contributed by atoms with Crippen LogP contribution < -0.4 is 11.1 Å². The molecular weight excluding hydrogens is 278 g/mol. The number of hydrogen-bond acceptors (Lipinski definition) is 3. The normalized spacial score (nSPS) is 11.2. The summed E-state index contributed by atoms with van der Waals surface area (Å²) in [5, 5.41) is 14.8. The molecule has 0 atom stereocenters. The highest BCUT2D eigenvalue weighted by Crippen LogP contribution is 2.17. The Kier molecular flexibility index (Phi) is 4.22. The number of carbonyl (C=O) groups excluding carboxylic acids is 1. The summed E-state index contributed by atoms with van der Waals surface area (Å²) < 4.78 is 0. The molecule has 20 heavy (non-hydrogen) atoms. The third-order valence-corrected chi connectivity index (χ3v) is 2.88. The Balaban J connectivity index is 2.29. The molecule has 2 rings (SSSR count). The molecule has 6 heteroatoms. The van der Waals surface area contributed by atoms with Crippen molar-refractivity contribution in [1.82, 2.24) is 0 Å². The van der Waals surface area contributed by atoms with E-state index in [1.54, 1.807) is 48.5 Å². The van der Waals surface area contributed by atoms with Gasteiger partial charge in [0.25, 0.3) is 5.91 Å². The van der Waals surface area contributed by atoms with Gasteiger partial charge in [0.15, 0.2) is 5.84 Å². The lowest BCUT2D eigenvalue weighted by molar-refractivity contribution is 0.102. The monoisotopic (exact) mass is 289 g/mol. The average Bonchev–Trinajstić information content (AvgIpc) is 2.47. The number of halogens is 1. The standard InChI is InChI=1S/C14H12ClN3O2/c15-10-5-3-4-9(8-10)14(19)17-12-7-2-1-6-11(12)13(16)18-20/h1-8,20H,(H2,16,18)(H,17,19). The molecule has 2 aromatic carbocycles. The summed E-state index contributed by atoms with van der Waals surface area (Å²) >= 11 is 5.84. The number of oxime groups is 1. The van der Waals surface area contributed by atoms with Crippen molar-refractivity contribution in [3.63, 3.8) is 0 Å². The van der Waals surface area contributed by atoms with Crippen LogP contribution in [0.1, 0.15) is 15.9 Å². The fourth-order valence-corrected chi connectivity index (χ4v) is 1.88. The fraction of sp³-hybridized carbons (Fsp3) is 0. The van der Waals surface area contributed by atoms with Crippen LogP contribution in [0.25, 0.3) is 0 Å². The van der Waals surface area contributed by atoms with Gasteiger partial charge in [0.2, 0.25) is 0 Å². The van der Waals surface area contributed by atoms with Gasteiger partial charge in [0.1, 0.15) is 0 Å². The van der Waals surface area contributed by atoms with E-state index in [2.05, 4.69) is 10.5 Å². The molecule has 0 aromatic heterocycles. The Morgan fingerprint density at radius 1 is 1.20 bits per heavy atom. The molecule has 0 bridgehead atoms. The number of nitrogens with one attached hydrogen (secondary N) is 1. The third kappa shape index (κ3) is 3.07. The van der Waals surface area contributed by atoms with Crippen molar-refractivity contribution >= 4 is 29.0 Å². The average molecular weight is 290 g/mol. The highest BCUT2D eigenvalue weighted by Gasteiger charge is 2.11. The van der Waals surface area contributed by atoms with Crippen LogP contribution in [0.15, 0.2) is 53.7 Å². The lowest BCUT2D eigenvalue weighted by Gasteiger charge is -2.10. The molecule has 2 aromatic rings. The summed E-state index contributed by atoms with van der Waals surface area (Å²) in [6, 6.07) is 13.3. The number of rotatable bonds is 3. The first kappa shape index (κ1) is 13.9. The van der Waals surface area contributed by atoms with E-state index in [-0.39, 0.29) is 11.7 Å². The number of nitrogens with two attached hydrogens (primary N) is 1. The maximum Gasteiger partial charge on any atom is 0.255 e. The van der Waals surface area contributed by atoms with Gasteiger partial charge in [0, 0.05) is 16.1 Å². The molecule has 0 aliphatic heterocycles. The van der Waals surface area contributed by atoms with Crippen LogP contribution in [-0.2, 0) is 0 Å². The molecule has 0 unspecified atom stereocenters. The number of amides is 1. The number of para-hydroxylation sites is 1. The van der Waals surface area contributed by atoms with E-state index in [0.717, 1.165) is 0 Å². The lowest BCUT2D eigenvalue weighted by Crippen LogP contribution is -2.19. The maximum atomic E-state index is 12.1. The van der Waals surface area contributed by atoms with Crippen LogP contribution in [0.3, 0.4) is 0 Å². The van der Waals surface area contributed by atoms with Gasteiger partial charge >= 0.3 is 0 Å². The van der Waals surface area contributed by atoms with Gasteiger partial charge in [-0.2, -0.15) is 0 Å². The largest absolute Gasteiger partial charge is 0.409 e. The summed E-state index contributed by atoms with van der Waals surface area (Å²) in [5.74, 6) is -0.405. The topological polar surface area (TPSA) is 87.7 Å². The Labute approximate surface area is 120 Å². The number of anilines is 1. The van der Waals surface area contributed by atoms with E-state index >= 15 is 0 Å². The SMILES string of the molecule is N/C(=N/O)c1ccccc1NC(=O)c1cccc(Cl)c1. The summed E-state index contributed by atoms with van der Waals surface area (Å²) in [6.45, 7) is 0. The first-order valence-electron chi connectivity index (χ1n) is 5.75. The number of hydrogen-bond donors (Lipinski definition) is 3. The number of amidine groups is 1. The van der Waals surface area contributed by atoms with Crippen molar-refractivity contribution < 1.29 is 10.0 Å². The Hall–Kier alpha value is -2.53. The molecule has 0 aliphatic rings. The zero-order chi connectivity index (χ0) is 14.5. The molecule has 0 saturated heterocycles. The molecule has 0 heterocycles. The molecular formula is C14H12ClN3O2. The van der Waals surface area contributed by atoms with Gasteiger partial charge in [-0.1, -0.05) is 35.0 Å². The second-order valence-corrected chi connectivity index (χ2v) is 4.43. The predicted molar refractivity (Wildman–Crippen MR) is 78.4 cm³/mol. The van der Waals surface area contributed by atoms with Gasteiger partial charge in [-0.05, 0) is 30.3 Å². The predicted octanol–water partition coefficient (Wildman–Crippen LogP) is 2.69. The van der Waals surface area contributed by atoms with Gasteiger partial charge in [0.05, 0.1) is 5.69 Å². The number of benzene rings is 2. The molecule has 102 valence electrons. The van der Waals surface area contributed by atoms with E-state index < -0.39 is 0 Å². The van der Waals surface area contributed by atoms with E-state index in [4.69, 9.17) is 22.5 Å².